The monoisotopic (exact) mass is 276 g/mol. The Kier molecular flexibility index (Phi) is 6.99. The van der Waals surface area contributed by atoms with E-state index in [2.05, 4.69) is 13.8 Å². The lowest BCUT2D eigenvalue weighted by molar-refractivity contribution is -0.143. The number of hydrogen-bond acceptors (Lipinski definition) is 3. The van der Waals surface area contributed by atoms with Crippen LogP contribution in [0.4, 0.5) is 0 Å². The Balaban J connectivity index is 2.40. The van der Waals surface area contributed by atoms with E-state index in [0.29, 0.717) is 18.1 Å². The van der Waals surface area contributed by atoms with Crippen molar-refractivity contribution < 1.29 is 14.3 Å². The number of ketones is 1. The summed E-state index contributed by atoms with van der Waals surface area (Å²) in [5, 5.41) is 0. The van der Waals surface area contributed by atoms with Gasteiger partial charge in [0.1, 0.15) is 0 Å². The zero-order chi connectivity index (χ0) is 15.0. The van der Waals surface area contributed by atoms with Crippen LogP contribution >= 0.6 is 0 Å². The van der Waals surface area contributed by atoms with E-state index in [0.717, 1.165) is 12.8 Å². The molecule has 0 heterocycles. The summed E-state index contributed by atoms with van der Waals surface area (Å²) in [6.07, 6.45) is 2.24. The summed E-state index contributed by atoms with van der Waals surface area (Å²) in [6, 6.07) is 7.61. The second-order valence-corrected chi connectivity index (χ2v) is 5.27. The third-order valence-electron chi connectivity index (χ3n) is 3.22. The lowest BCUT2D eigenvalue weighted by Gasteiger charge is -2.06. The third kappa shape index (κ3) is 5.55. The van der Waals surface area contributed by atoms with Gasteiger partial charge < -0.3 is 4.74 Å². The Morgan fingerprint density at radius 3 is 2.30 bits per heavy atom. The molecule has 0 saturated heterocycles. The Hall–Kier alpha value is -1.64. The normalized spacial score (nSPS) is 10.6. The molecule has 0 N–H and O–H groups in total. The average molecular weight is 276 g/mol. The number of ether oxygens (including phenoxy) is 1. The zero-order valence-corrected chi connectivity index (χ0v) is 12.6. The maximum Gasteiger partial charge on any atom is 0.306 e. The molecule has 0 bridgehead atoms. The van der Waals surface area contributed by atoms with Crippen molar-refractivity contribution in [1.82, 2.24) is 0 Å². The summed E-state index contributed by atoms with van der Waals surface area (Å²) in [5.74, 6) is 0.158. The van der Waals surface area contributed by atoms with Gasteiger partial charge in [-0.2, -0.15) is 0 Å². The summed E-state index contributed by atoms with van der Waals surface area (Å²) < 4.78 is 5.03. The first-order valence-electron chi connectivity index (χ1n) is 7.33. The van der Waals surface area contributed by atoms with Crippen molar-refractivity contribution in [1.29, 1.82) is 0 Å². The SMILES string of the molecule is CCCCOC(=O)CCC(=O)c1ccc(C(C)C)cc1. The van der Waals surface area contributed by atoms with Crippen LogP contribution in [0.25, 0.3) is 0 Å². The quantitative estimate of drug-likeness (QED) is 0.407. The largest absolute Gasteiger partial charge is 0.466 e. The smallest absolute Gasteiger partial charge is 0.306 e. The molecule has 1 aromatic rings. The number of rotatable bonds is 8. The molecule has 1 rings (SSSR count). The van der Waals surface area contributed by atoms with E-state index in [9.17, 15) is 9.59 Å². The first-order valence-corrected chi connectivity index (χ1v) is 7.33. The Labute approximate surface area is 121 Å². The molecule has 0 aliphatic carbocycles. The molecule has 0 unspecified atom stereocenters. The molecule has 0 radical (unpaired) electrons. The van der Waals surface area contributed by atoms with Crippen molar-refractivity contribution in [2.75, 3.05) is 6.61 Å². The molecular weight excluding hydrogens is 252 g/mol. The van der Waals surface area contributed by atoms with Gasteiger partial charge in [0.25, 0.3) is 0 Å². The van der Waals surface area contributed by atoms with Gasteiger partial charge in [0.15, 0.2) is 5.78 Å². The molecule has 0 fully saturated rings. The summed E-state index contributed by atoms with van der Waals surface area (Å²) in [5.41, 5.74) is 1.87. The predicted molar refractivity (Wildman–Crippen MR) is 80.0 cm³/mol. The van der Waals surface area contributed by atoms with Gasteiger partial charge in [-0.25, -0.2) is 0 Å². The standard InChI is InChI=1S/C17H24O3/c1-4-5-12-20-17(19)11-10-16(18)15-8-6-14(7-9-15)13(2)3/h6-9,13H,4-5,10-12H2,1-3H3. The third-order valence-corrected chi connectivity index (χ3v) is 3.22. The van der Waals surface area contributed by atoms with Gasteiger partial charge in [-0.1, -0.05) is 51.5 Å². The molecule has 0 atom stereocenters. The molecule has 1 aromatic carbocycles. The Morgan fingerprint density at radius 2 is 1.75 bits per heavy atom. The van der Waals surface area contributed by atoms with Crippen molar-refractivity contribution in [2.24, 2.45) is 0 Å². The zero-order valence-electron chi connectivity index (χ0n) is 12.6. The lowest BCUT2D eigenvalue weighted by Crippen LogP contribution is -2.09. The molecule has 0 aliphatic rings. The van der Waals surface area contributed by atoms with Crippen molar-refractivity contribution in [2.45, 2.75) is 52.4 Å². The molecule has 0 aromatic heterocycles. The van der Waals surface area contributed by atoms with Gasteiger partial charge in [0.05, 0.1) is 13.0 Å². The average Bonchev–Trinajstić information content (AvgIpc) is 2.45. The predicted octanol–water partition coefficient (Wildman–Crippen LogP) is 4.12. The van der Waals surface area contributed by atoms with Crippen LogP contribution in [-0.2, 0) is 9.53 Å². The second kappa shape index (κ2) is 8.51. The molecule has 0 amide bonds. The summed E-state index contributed by atoms with van der Waals surface area (Å²) in [7, 11) is 0. The fraction of sp³-hybridized carbons (Fsp3) is 0.529. The highest BCUT2D eigenvalue weighted by Crippen LogP contribution is 2.16. The highest BCUT2D eigenvalue weighted by atomic mass is 16.5. The van der Waals surface area contributed by atoms with Crippen LogP contribution in [0.3, 0.4) is 0 Å². The number of benzene rings is 1. The van der Waals surface area contributed by atoms with Gasteiger partial charge >= 0.3 is 5.97 Å². The van der Waals surface area contributed by atoms with Gasteiger partial charge in [0.2, 0.25) is 0 Å². The minimum Gasteiger partial charge on any atom is -0.466 e. The highest BCUT2D eigenvalue weighted by Gasteiger charge is 2.10. The molecule has 110 valence electrons. The topological polar surface area (TPSA) is 43.4 Å². The van der Waals surface area contributed by atoms with Gasteiger partial charge in [-0.3, -0.25) is 9.59 Å². The fourth-order valence-electron chi connectivity index (χ4n) is 1.82. The molecular formula is C17H24O3. The van der Waals surface area contributed by atoms with Crippen LogP contribution in [0.1, 0.15) is 68.3 Å². The maximum absolute atomic E-state index is 12.0. The number of Topliss-reactive ketones (excluding diaryl/α,β-unsaturated/α-hetero) is 1. The van der Waals surface area contributed by atoms with E-state index in [1.54, 1.807) is 0 Å². The lowest BCUT2D eigenvalue weighted by atomic mass is 9.99. The van der Waals surface area contributed by atoms with Gasteiger partial charge in [0, 0.05) is 12.0 Å². The number of esters is 1. The number of unbranched alkanes of at least 4 members (excludes halogenated alkanes) is 1. The van der Waals surface area contributed by atoms with Gasteiger partial charge in [-0.15, -0.1) is 0 Å². The van der Waals surface area contributed by atoms with Crippen molar-refractivity contribution in [3.63, 3.8) is 0 Å². The van der Waals surface area contributed by atoms with E-state index in [1.165, 1.54) is 5.56 Å². The Morgan fingerprint density at radius 1 is 1.10 bits per heavy atom. The van der Waals surface area contributed by atoms with Crippen LogP contribution in [0, 0.1) is 0 Å². The molecule has 0 spiro atoms. The minimum atomic E-state index is -0.286. The van der Waals surface area contributed by atoms with Gasteiger partial charge in [-0.05, 0) is 17.9 Å². The molecule has 0 aliphatic heterocycles. The minimum absolute atomic E-state index is 0.00672. The first kappa shape index (κ1) is 16.4. The first-order chi connectivity index (χ1) is 9.54. The van der Waals surface area contributed by atoms with Crippen LogP contribution < -0.4 is 0 Å². The molecule has 20 heavy (non-hydrogen) atoms. The number of carbonyl (C=O) groups is 2. The van der Waals surface area contributed by atoms with Crippen LogP contribution in [-0.4, -0.2) is 18.4 Å². The van der Waals surface area contributed by atoms with E-state index >= 15 is 0 Å². The van der Waals surface area contributed by atoms with E-state index in [1.807, 2.05) is 31.2 Å². The summed E-state index contributed by atoms with van der Waals surface area (Å²) in [4.78, 5) is 23.4. The van der Waals surface area contributed by atoms with Crippen LogP contribution in [0.5, 0.6) is 0 Å². The van der Waals surface area contributed by atoms with Crippen molar-refractivity contribution in [3.8, 4) is 0 Å². The van der Waals surface area contributed by atoms with Crippen molar-refractivity contribution >= 4 is 11.8 Å². The Bertz CT molecular complexity index is 432. The van der Waals surface area contributed by atoms with Crippen LogP contribution in [0.15, 0.2) is 24.3 Å². The van der Waals surface area contributed by atoms with E-state index in [4.69, 9.17) is 4.74 Å². The molecule has 3 nitrogen and oxygen atoms in total. The number of hydrogen-bond donors (Lipinski definition) is 0. The van der Waals surface area contributed by atoms with Crippen LogP contribution in [0.2, 0.25) is 0 Å². The second-order valence-electron chi connectivity index (χ2n) is 5.27. The summed E-state index contributed by atoms with van der Waals surface area (Å²) in [6.45, 7) is 6.72. The fourth-order valence-corrected chi connectivity index (χ4v) is 1.82. The van der Waals surface area contributed by atoms with E-state index in [-0.39, 0.29) is 24.6 Å². The maximum atomic E-state index is 12.0. The number of carbonyl (C=O) groups excluding carboxylic acids is 2. The molecule has 3 heteroatoms. The molecule has 0 saturated carbocycles. The van der Waals surface area contributed by atoms with E-state index < -0.39 is 0 Å². The summed E-state index contributed by atoms with van der Waals surface area (Å²) >= 11 is 0. The van der Waals surface area contributed by atoms with Crippen molar-refractivity contribution in [3.05, 3.63) is 35.4 Å². The highest BCUT2D eigenvalue weighted by molar-refractivity contribution is 5.97.